The van der Waals surface area contributed by atoms with Gasteiger partial charge in [0.25, 0.3) is 10.0 Å². The topological polar surface area (TPSA) is 153 Å². The Kier molecular flexibility index (Phi) is 11.2. The first-order valence-electron chi connectivity index (χ1n) is 16.3. The van der Waals surface area contributed by atoms with E-state index in [4.69, 9.17) is 32.0 Å². The number of hydrogen-bond acceptors (Lipinski definition) is 8. The van der Waals surface area contributed by atoms with E-state index in [0.29, 0.717) is 44.6 Å². The van der Waals surface area contributed by atoms with Gasteiger partial charge in [-0.25, -0.2) is 16.8 Å². The number of halogens is 2. The zero-order chi connectivity index (χ0) is 39.2. The summed E-state index contributed by atoms with van der Waals surface area (Å²) >= 11 is 12.5. The summed E-state index contributed by atoms with van der Waals surface area (Å²) in [4.78, 5) is 23.9. The number of carbonyl (C=O) groups excluding carboxylic acids is 2. The maximum absolute atomic E-state index is 12.8. The molecule has 2 aromatic heterocycles. The molecule has 0 fully saturated rings. The predicted octanol–water partition coefficient (Wildman–Crippen LogP) is 10.2. The Morgan fingerprint density at radius 1 is 0.623 bits per heavy atom. The van der Waals surface area contributed by atoms with Crippen LogP contribution in [0.5, 0.6) is 0 Å². The zero-order valence-electron chi connectivity index (χ0n) is 30.3. The number of hydrogen-bond donors (Lipinski definition) is 2. The van der Waals surface area contributed by atoms with Crippen molar-refractivity contribution in [3.8, 4) is 0 Å². The molecule has 0 radical (unpaired) electrons. The molecule has 6 aromatic rings. The van der Waals surface area contributed by atoms with Gasteiger partial charge in [0.15, 0.2) is 11.6 Å². The number of Topliss-reactive ketones (excluding diaryl/α,β-unsaturated/α-hetero) is 2. The molecule has 0 spiro atoms. The van der Waals surface area contributed by atoms with Crippen LogP contribution >= 0.6 is 23.2 Å². The van der Waals surface area contributed by atoms with Crippen molar-refractivity contribution in [3.05, 3.63) is 121 Å². The maximum atomic E-state index is 12.8. The van der Waals surface area contributed by atoms with Crippen LogP contribution in [0.2, 0.25) is 10.0 Å². The van der Waals surface area contributed by atoms with Crippen LogP contribution < -0.4 is 9.44 Å². The first kappa shape index (κ1) is 39.6. The van der Waals surface area contributed by atoms with Gasteiger partial charge in [0.1, 0.15) is 22.7 Å². The fraction of sp³-hybridized carbons (Fsp3) is 0.231. The number of anilines is 2. The van der Waals surface area contributed by atoms with Crippen LogP contribution in [0.25, 0.3) is 21.9 Å². The van der Waals surface area contributed by atoms with Crippen molar-refractivity contribution >= 4 is 88.1 Å². The summed E-state index contributed by atoms with van der Waals surface area (Å²) in [5.41, 5.74) is 6.80. The number of carbonyl (C=O) groups is 2. The van der Waals surface area contributed by atoms with Gasteiger partial charge in [0.2, 0.25) is 10.0 Å². The molecule has 0 atom stereocenters. The Balaban J connectivity index is 0.000000206. The Morgan fingerprint density at radius 3 is 1.49 bits per heavy atom. The van der Waals surface area contributed by atoms with E-state index in [2.05, 4.69) is 9.44 Å². The summed E-state index contributed by atoms with van der Waals surface area (Å²) in [5, 5.41) is 1.45. The SMILES string of the molecule is CC(=O)c1c(C)oc2cc(Cl)c(NS(=O)(=O)Cc3c(C)cc(C)cc3C)cc12.CC(=O)c1c(C)oc2cc(Cl)c(NS(=O)(=O)c3ccc(C)cc3)cc12. The molecule has 0 bridgehead atoms. The monoisotopic (exact) mass is 796 g/mol. The molecular weight excluding hydrogens is 759 g/mol. The van der Waals surface area contributed by atoms with Gasteiger partial charge in [-0.1, -0.05) is 58.6 Å². The largest absolute Gasteiger partial charge is 0.461 e. The fourth-order valence-electron chi connectivity index (χ4n) is 6.26. The number of aryl methyl sites for hydroxylation is 6. The Labute approximate surface area is 318 Å². The Hall–Kier alpha value is -4.62. The highest BCUT2D eigenvalue weighted by Crippen LogP contribution is 2.36. The minimum absolute atomic E-state index is 0.129. The van der Waals surface area contributed by atoms with Crippen LogP contribution in [-0.4, -0.2) is 28.4 Å². The first-order chi connectivity index (χ1) is 24.7. The quantitative estimate of drug-likeness (QED) is 0.137. The first-order valence-corrected chi connectivity index (χ1v) is 20.2. The summed E-state index contributed by atoms with van der Waals surface area (Å²) in [6.45, 7) is 13.9. The number of benzene rings is 4. The van der Waals surface area contributed by atoms with Crippen molar-refractivity contribution in [1.29, 1.82) is 0 Å². The third kappa shape index (κ3) is 8.62. The van der Waals surface area contributed by atoms with Crippen LogP contribution in [0, 0.1) is 41.5 Å². The molecule has 53 heavy (non-hydrogen) atoms. The lowest BCUT2D eigenvalue weighted by Gasteiger charge is -2.14. The van der Waals surface area contributed by atoms with E-state index in [1.165, 1.54) is 44.2 Å². The molecule has 0 saturated heterocycles. The molecule has 0 saturated carbocycles. The van der Waals surface area contributed by atoms with Gasteiger partial charge >= 0.3 is 0 Å². The number of ketones is 2. The second-order valence-electron chi connectivity index (χ2n) is 13.0. The molecule has 278 valence electrons. The summed E-state index contributed by atoms with van der Waals surface area (Å²) in [5.74, 6) is 0.467. The molecule has 0 unspecified atom stereocenters. The van der Waals surface area contributed by atoms with E-state index >= 15 is 0 Å². The highest BCUT2D eigenvalue weighted by atomic mass is 35.5. The molecule has 0 aliphatic rings. The van der Waals surface area contributed by atoms with Crippen LogP contribution in [0.4, 0.5) is 11.4 Å². The van der Waals surface area contributed by atoms with Crippen LogP contribution in [0.15, 0.2) is 74.4 Å². The number of nitrogens with one attached hydrogen (secondary N) is 2. The summed E-state index contributed by atoms with van der Waals surface area (Å²) in [7, 11) is -7.51. The third-order valence-electron chi connectivity index (χ3n) is 8.63. The van der Waals surface area contributed by atoms with Gasteiger partial charge in [0.05, 0.1) is 43.2 Å². The van der Waals surface area contributed by atoms with Gasteiger partial charge in [0, 0.05) is 22.9 Å². The van der Waals surface area contributed by atoms with E-state index in [-0.39, 0.29) is 43.6 Å². The van der Waals surface area contributed by atoms with Gasteiger partial charge < -0.3 is 8.83 Å². The van der Waals surface area contributed by atoms with Crippen molar-refractivity contribution in [1.82, 2.24) is 0 Å². The second kappa shape index (κ2) is 15.0. The molecule has 0 aliphatic carbocycles. The highest BCUT2D eigenvalue weighted by molar-refractivity contribution is 7.92. The predicted molar refractivity (Wildman–Crippen MR) is 211 cm³/mol. The van der Waals surface area contributed by atoms with E-state index in [1.54, 1.807) is 32.0 Å². The second-order valence-corrected chi connectivity index (χ2v) is 17.2. The van der Waals surface area contributed by atoms with Crippen molar-refractivity contribution in [2.45, 2.75) is 66.0 Å². The van der Waals surface area contributed by atoms with E-state index in [1.807, 2.05) is 39.8 Å². The standard InChI is InChI=1S/C21H22ClNO4S.C18H16ClNO4S/c1-11-6-12(2)17(13(3)7-11)10-28(25,26)23-19-8-16-20(9-18(19)22)27-15(5)21(16)14(4)24;1-10-4-6-13(7-5-10)25(22,23)20-16-8-14-17(9-15(16)19)24-12(3)18(14)11(2)21/h6-9,23H,10H2,1-5H3;4-9,20H,1-3H3. The Morgan fingerprint density at radius 2 is 1.06 bits per heavy atom. The summed E-state index contributed by atoms with van der Waals surface area (Å²) in [6, 6.07) is 16.5. The third-order valence-corrected chi connectivity index (χ3v) is 11.8. The van der Waals surface area contributed by atoms with E-state index < -0.39 is 20.0 Å². The van der Waals surface area contributed by atoms with Gasteiger partial charge in [-0.15, -0.1) is 0 Å². The number of sulfonamides is 2. The lowest BCUT2D eigenvalue weighted by molar-refractivity contribution is 0.100. The van der Waals surface area contributed by atoms with Crippen LogP contribution in [-0.2, 0) is 25.8 Å². The number of furan rings is 2. The molecule has 6 rings (SSSR count). The normalized spacial score (nSPS) is 11.7. The molecule has 14 heteroatoms. The summed E-state index contributed by atoms with van der Waals surface area (Å²) < 4.78 is 66.9. The molecule has 0 amide bonds. The fourth-order valence-corrected chi connectivity index (χ4v) is 9.26. The van der Waals surface area contributed by atoms with Crippen molar-refractivity contribution in [2.75, 3.05) is 9.44 Å². The van der Waals surface area contributed by atoms with Crippen molar-refractivity contribution in [3.63, 3.8) is 0 Å². The van der Waals surface area contributed by atoms with Gasteiger partial charge in [-0.05, 0) is 96.3 Å². The van der Waals surface area contributed by atoms with E-state index in [9.17, 15) is 26.4 Å². The highest BCUT2D eigenvalue weighted by Gasteiger charge is 2.22. The van der Waals surface area contributed by atoms with Gasteiger partial charge in [-0.3, -0.25) is 19.0 Å². The zero-order valence-corrected chi connectivity index (χ0v) is 33.5. The molecule has 0 aliphatic heterocycles. The minimum Gasteiger partial charge on any atom is -0.461 e. The molecule has 10 nitrogen and oxygen atoms in total. The summed E-state index contributed by atoms with van der Waals surface area (Å²) in [6.07, 6.45) is 0. The number of fused-ring (bicyclic) bond motifs is 2. The maximum Gasteiger partial charge on any atom is 0.261 e. The lowest BCUT2D eigenvalue weighted by Crippen LogP contribution is -2.17. The number of rotatable bonds is 9. The van der Waals surface area contributed by atoms with Crippen molar-refractivity contribution in [2.24, 2.45) is 0 Å². The van der Waals surface area contributed by atoms with Crippen LogP contribution in [0.3, 0.4) is 0 Å². The van der Waals surface area contributed by atoms with E-state index in [0.717, 1.165) is 27.8 Å². The smallest absolute Gasteiger partial charge is 0.261 e. The lowest BCUT2D eigenvalue weighted by atomic mass is 10.0. The minimum atomic E-state index is -3.80. The molecule has 2 heterocycles. The molecule has 4 aromatic carbocycles. The Bertz CT molecular complexity index is 2640. The average molecular weight is 798 g/mol. The van der Waals surface area contributed by atoms with Gasteiger partial charge in [-0.2, -0.15) is 0 Å². The molecular formula is C39H38Cl2N2O8S2. The van der Waals surface area contributed by atoms with Crippen LogP contribution in [0.1, 0.15) is 73.9 Å². The van der Waals surface area contributed by atoms with Crippen molar-refractivity contribution < 1.29 is 35.3 Å². The average Bonchev–Trinajstić information content (AvgIpc) is 3.53. The molecule has 2 N–H and O–H groups in total.